The molecule has 0 bridgehead atoms. The third kappa shape index (κ3) is 3.76. The van der Waals surface area contributed by atoms with Gasteiger partial charge in [0.25, 0.3) is 0 Å². The number of rotatable bonds is 4. The van der Waals surface area contributed by atoms with Crippen molar-refractivity contribution in [1.29, 1.82) is 0 Å². The SMILES string of the molecule is CC(C)OC(CN)c1ccc(Cl)c(Br)c1. The van der Waals surface area contributed by atoms with E-state index in [4.69, 9.17) is 22.1 Å². The van der Waals surface area contributed by atoms with Crippen molar-refractivity contribution in [3.8, 4) is 0 Å². The Morgan fingerprint density at radius 1 is 1.47 bits per heavy atom. The van der Waals surface area contributed by atoms with Gasteiger partial charge in [-0.15, -0.1) is 0 Å². The van der Waals surface area contributed by atoms with Gasteiger partial charge >= 0.3 is 0 Å². The maximum absolute atomic E-state index is 5.92. The monoisotopic (exact) mass is 291 g/mol. The largest absolute Gasteiger partial charge is 0.370 e. The molecule has 84 valence electrons. The zero-order chi connectivity index (χ0) is 11.4. The third-order valence-electron chi connectivity index (χ3n) is 1.97. The Morgan fingerprint density at radius 2 is 2.13 bits per heavy atom. The van der Waals surface area contributed by atoms with Crippen molar-refractivity contribution >= 4 is 27.5 Å². The van der Waals surface area contributed by atoms with E-state index in [1.54, 1.807) is 0 Å². The van der Waals surface area contributed by atoms with E-state index in [0.717, 1.165) is 10.0 Å². The van der Waals surface area contributed by atoms with Crippen molar-refractivity contribution in [3.63, 3.8) is 0 Å². The minimum Gasteiger partial charge on any atom is -0.370 e. The fourth-order valence-corrected chi connectivity index (χ4v) is 1.83. The summed E-state index contributed by atoms with van der Waals surface area (Å²) in [4.78, 5) is 0. The van der Waals surface area contributed by atoms with E-state index < -0.39 is 0 Å². The first-order chi connectivity index (χ1) is 7.04. The van der Waals surface area contributed by atoms with E-state index in [9.17, 15) is 0 Å². The second-order valence-electron chi connectivity index (χ2n) is 3.58. The van der Waals surface area contributed by atoms with Crippen LogP contribution in [0.1, 0.15) is 25.5 Å². The fraction of sp³-hybridized carbons (Fsp3) is 0.455. The Labute approximate surface area is 104 Å². The Hall–Kier alpha value is -0.0900. The topological polar surface area (TPSA) is 35.2 Å². The Balaban J connectivity index is 2.87. The average Bonchev–Trinajstić information content (AvgIpc) is 2.18. The summed E-state index contributed by atoms with van der Waals surface area (Å²) in [6, 6.07) is 5.72. The Kier molecular flexibility index (Phi) is 5.06. The van der Waals surface area contributed by atoms with Crippen LogP contribution < -0.4 is 5.73 Å². The van der Waals surface area contributed by atoms with Gasteiger partial charge in [0.2, 0.25) is 0 Å². The van der Waals surface area contributed by atoms with Gasteiger partial charge in [0.05, 0.1) is 17.2 Å². The highest BCUT2D eigenvalue weighted by Crippen LogP contribution is 2.27. The molecular formula is C11H15BrClNO. The lowest BCUT2D eigenvalue weighted by atomic mass is 10.1. The summed E-state index contributed by atoms with van der Waals surface area (Å²) in [6.07, 6.45) is 0.0894. The minimum absolute atomic E-state index is 0.0708. The van der Waals surface area contributed by atoms with Crippen LogP contribution in [0.2, 0.25) is 5.02 Å². The van der Waals surface area contributed by atoms with Gasteiger partial charge in [0.1, 0.15) is 0 Å². The number of nitrogens with two attached hydrogens (primary N) is 1. The van der Waals surface area contributed by atoms with Crippen LogP contribution in [0.25, 0.3) is 0 Å². The van der Waals surface area contributed by atoms with E-state index in [1.165, 1.54) is 0 Å². The highest BCUT2D eigenvalue weighted by molar-refractivity contribution is 9.10. The molecule has 2 nitrogen and oxygen atoms in total. The number of ether oxygens (including phenoxy) is 1. The van der Waals surface area contributed by atoms with Crippen molar-refractivity contribution in [2.24, 2.45) is 5.73 Å². The van der Waals surface area contributed by atoms with E-state index in [0.29, 0.717) is 11.6 Å². The van der Waals surface area contributed by atoms with Gasteiger partial charge in [0.15, 0.2) is 0 Å². The summed E-state index contributed by atoms with van der Waals surface area (Å²) in [5.41, 5.74) is 6.71. The maximum atomic E-state index is 5.92. The standard InChI is InChI=1S/C11H15BrClNO/c1-7(2)15-11(6-14)8-3-4-10(13)9(12)5-8/h3-5,7,11H,6,14H2,1-2H3. The van der Waals surface area contributed by atoms with Gasteiger partial charge in [-0.3, -0.25) is 0 Å². The van der Waals surface area contributed by atoms with E-state index in [-0.39, 0.29) is 12.2 Å². The molecule has 0 saturated carbocycles. The molecule has 1 rings (SSSR count). The third-order valence-corrected chi connectivity index (χ3v) is 3.18. The molecule has 1 atom stereocenters. The Morgan fingerprint density at radius 3 is 2.60 bits per heavy atom. The fourth-order valence-electron chi connectivity index (χ4n) is 1.31. The van der Waals surface area contributed by atoms with Gasteiger partial charge in [0, 0.05) is 11.0 Å². The van der Waals surface area contributed by atoms with Crippen molar-refractivity contribution in [1.82, 2.24) is 0 Å². The van der Waals surface area contributed by atoms with Crippen molar-refractivity contribution in [2.75, 3.05) is 6.54 Å². The van der Waals surface area contributed by atoms with Crippen LogP contribution >= 0.6 is 27.5 Å². The van der Waals surface area contributed by atoms with Crippen LogP contribution in [-0.4, -0.2) is 12.6 Å². The molecule has 4 heteroatoms. The molecule has 0 radical (unpaired) electrons. The van der Waals surface area contributed by atoms with Gasteiger partial charge in [-0.05, 0) is 47.5 Å². The predicted molar refractivity (Wildman–Crippen MR) is 67.2 cm³/mol. The molecule has 0 heterocycles. The molecule has 0 aliphatic rings. The van der Waals surface area contributed by atoms with E-state index in [1.807, 2.05) is 32.0 Å². The zero-order valence-electron chi connectivity index (χ0n) is 8.84. The quantitative estimate of drug-likeness (QED) is 0.921. The van der Waals surface area contributed by atoms with Crippen LogP contribution in [0.3, 0.4) is 0 Å². The molecule has 0 aliphatic heterocycles. The van der Waals surface area contributed by atoms with Gasteiger partial charge in [-0.25, -0.2) is 0 Å². The molecule has 1 unspecified atom stereocenters. The van der Waals surface area contributed by atoms with Crippen molar-refractivity contribution in [3.05, 3.63) is 33.3 Å². The molecule has 0 fully saturated rings. The van der Waals surface area contributed by atoms with Crippen LogP contribution in [0.15, 0.2) is 22.7 Å². The molecule has 1 aromatic rings. The second-order valence-corrected chi connectivity index (χ2v) is 4.84. The first kappa shape index (κ1) is 13.0. The minimum atomic E-state index is -0.0708. The van der Waals surface area contributed by atoms with Crippen molar-refractivity contribution < 1.29 is 4.74 Å². The maximum Gasteiger partial charge on any atom is 0.0950 e. The molecule has 2 N–H and O–H groups in total. The molecule has 0 amide bonds. The zero-order valence-corrected chi connectivity index (χ0v) is 11.2. The lowest BCUT2D eigenvalue weighted by Crippen LogP contribution is -2.19. The summed E-state index contributed by atoms with van der Waals surface area (Å²) in [5.74, 6) is 0. The summed E-state index contributed by atoms with van der Waals surface area (Å²) in [6.45, 7) is 4.45. The smallest absolute Gasteiger partial charge is 0.0950 e. The predicted octanol–water partition coefficient (Wildman–Crippen LogP) is 3.53. The molecule has 15 heavy (non-hydrogen) atoms. The van der Waals surface area contributed by atoms with Crippen LogP contribution in [0, 0.1) is 0 Å². The number of hydrogen-bond acceptors (Lipinski definition) is 2. The van der Waals surface area contributed by atoms with Crippen LogP contribution in [0.4, 0.5) is 0 Å². The summed E-state index contributed by atoms with van der Waals surface area (Å²) in [7, 11) is 0. The van der Waals surface area contributed by atoms with Crippen LogP contribution in [-0.2, 0) is 4.74 Å². The molecule has 0 aliphatic carbocycles. The van der Waals surface area contributed by atoms with Gasteiger partial charge in [-0.2, -0.15) is 0 Å². The molecule has 0 spiro atoms. The highest BCUT2D eigenvalue weighted by Gasteiger charge is 2.12. The van der Waals surface area contributed by atoms with Crippen LogP contribution in [0.5, 0.6) is 0 Å². The highest BCUT2D eigenvalue weighted by atomic mass is 79.9. The van der Waals surface area contributed by atoms with E-state index >= 15 is 0 Å². The molecule has 1 aromatic carbocycles. The molecule has 0 aromatic heterocycles. The Bertz CT molecular complexity index is 330. The first-order valence-corrected chi connectivity index (χ1v) is 6.02. The lowest BCUT2D eigenvalue weighted by Gasteiger charge is -2.19. The normalized spacial score (nSPS) is 13.2. The second kappa shape index (κ2) is 5.85. The number of benzene rings is 1. The van der Waals surface area contributed by atoms with Gasteiger partial charge < -0.3 is 10.5 Å². The lowest BCUT2D eigenvalue weighted by molar-refractivity contribution is 0.0119. The first-order valence-electron chi connectivity index (χ1n) is 4.85. The molecular weight excluding hydrogens is 277 g/mol. The summed E-state index contributed by atoms with van der Waals surface area (Å²) >= 11 is 9.30. The van der Waals surface area contributed by atoms with Gasteiger partial charge in [-0.1, -0.05) is 17.7 Å². The number of hydrogen-bond donors (Lipinski definition) is 1. The summed E-state index contributed by atoms with van der Waals surface area (Å²) in [5, 5.41) is 0.694. The molecule has 0 saturated heterocycles. The van der Waals surface area contributed by atoms with E-state index in [2.05, 4.69) is 15.9 Å². The van der Waals surface area contributed by atoms with Crippen molar-refractivity contribution in [2.45, 2.75) is 26.1 Å². The summed E-state index contributed by atoms with van der Waals surface area (Å²) < 4.78 is 6.56. The average molecular weight is 293 g/mol. The number of halogens is 2.